The van der Waals surface area contributed by atoms with Crippen LogP contribution in [0.1, 0.15) is 31.4 Å². The summed E-state index contributed by atoms with van der Waals surface area (Å²) in [7, 11) is -3.55. The number of hydrogen-bond acceptors (Lipinski definition) is 5. The predicted octanol–water partition coefficient (Wildman–Crippen LogP) is 1.69. The van der Waals surface area contributed by atoms with Gasteiger partial charge in [-0.2, -0.15) is 11.8 Å². The smallest absolute Gasteiger partial charge is 0.274 e. The average molecular weight is 304 g/mol. The van der Waals surface area contributed by atoms with Crippen molar-refractivity contribution in [3.63, 3.8) is 0 Å². The second kappa shape index (κ2) is 6.30. The summed E-state index contributed by atoms with van der Waals surface area (Å²) in [6.07, 6.45) is 5.98. The van der Waals surface area contributed by atoms with Gasteiger partial charge in [0.15, 0.2) is 0 Å². The van der Waals surface area contributed by atoms with E-state index in [9.17, 15) is 8.42 Å². The minimum absolute atomic E-state index is 0.0137. The van der Waals surface area contributed by atoms with Crippen molar-refractivity contribution in [3.8, 4) is 0 Å². The Hall–Kier alpha value is -0.500. The summed E-state index contributed by atoms with van der Waals surface area (Å²) < 4.78 is 32.2. The molecule has 7 heteroatoms. The van der Waals surface area contributed by atoms with Gasteiger partial charge in [-0.25, -0.2) is 13.1 Å². The maximum Gasteiger partial charge on any atom is 0.274 e. The van der Waals surface area contributed by atoms with Crippen molar-refractivity contribution in [1.29, 1.82) is 0 Å². The van der Waals surface area contributed by atoms with Crippen LogP contribution in [0.5, 0.6) is 0 Å². The van der Waals surface area contributed by atoms with Crippen LogP contribution in [0.15, 0.2) is 21.6 Å². The van der Waals surface area contributed by atoms with Gasteiger partial charge in [0.2, 0.25) is 5.09 Å². The molecule has 5 nitrogen and oxygen atoms in total. The molecule has 0 aromatic carbocycles. The van der Waals surface area contributed by atoms with Crippen LogP contribution in [0.25, 0.3) is 0 Å². The zero-order chi connectivity index (χ0) is 13.9. The van der Waals surface area contributed by atoms with E-state index in [1.165, 1.54) is 6.07 Å². The lowest BCUT2D eigenvalue weighted by molar-refractivity contribution is 0.392. The summed E-state index contributed by atoms with van der Waals surface area (Å²) in [6, 6.07) is 3.07. The van der Waals surface area contributed by atoms with Crippen molar-refractivity contribution in [1.82, 2.24) is 4.72 Å². The Morgan fingerprint density at radius 1 is 1.37 bits per heavy atom. The van der Waals surface area contributed by atoms with E-state index >= 15 is 0 Å². The molecule has 1 fully saturated rings. The highest BCUT2D eigenvalue weighted by molar-refractivity contribution is 7.99. The largest absolute Gasteiger partial charge is 0.447 e. The zero-order valence-corrected chi connectivity index (χ0v) is 12.6. The first-order valence-electron chi connectivity index (χ1n) is 6.39. The molecule has 1 saturated carbocycles. The molecule has 3 N–H and O–H groups in total. The SMILES string of the molecule is CSC1CCC(NS(=O)(=O)c2ccc(CN)o2)CC1. The van der Waals surface area contributed by atoms with E-state index in [0.717, 1.165) is 25.7 Å². The van der Waals surface area contributed by atoms with E-state index in [1.807, 2.05) is 11.8 Å². The van der Waals surface area contributed by atoms with Gasteiger partial charge in [0, 0.05) is 11.3 Å². The summed E-state index contributed by atoms with van der Waals surface area (Å²) in [5, 5.41) is 0.619. The summed E-state index contributed by atoms with van der Waals surface area (Å²) in [5.74, 6) is 0.478. The molecule has 19 heavy (non-hydrogen) atoms. The van der Waals surface area contributed by atoms with Gasteiger partial charge in [0.25, 0.3) is 10.0 Å². The quantitative estimate of drug-likeness (QED) is 0.864. The van der Waals surface area contributed by atoms with Gasteiger partial charge in [-0.05, 0) is 44.1 Å². The second-order valence-electron chi connectivity index (χ2n) is 4.76. The molecular weight excluding hydrogens is 284 g/mol. The summed E-state index contributed by atoms with van der Waals surface area (Å²) in [4.78, 5) is 0. The van der Waals surface area contributed by atoms with Crippen LogP contribution < -0.4 is 10.5 Å². The summed E-state index contributed by atoms with van der Waals surface area (Å²) >= 11 is 1.86. The highest BCUT2D eigenvalue weighted by Gasteiger charge is 2.27. The molecule has 1 aromatic heterocycles. The van der Waals surface area contributed by atoms with Crippen molar-refractivity contribution < 1.29 is 12.8 Å². The monoisotopic (exact) mass is 304 g/mol. The van der Waals surface area contributed by atoms with Crippen LogP contribution in [0, 0.1) is 0 Å². The Balaban J connectivity index is 1.98. The van der Waals surface area contributed by atoms with E-state index in [-0.39, 0.29) is 17.7 Å². The third-order valence-electron chi connectivity index (χ3n) is 3.43. The molecule has 2 rings (SSSR count). The maximum absolute atomic E-state index is 12.1. The Morgan fingerprint density at radius 2 is 2.05 bits per heavy atom. The molecule has 0 aliphatic heterocycles. The van der Waals surface area contributed by atoms with Gasteiger partial charge in [-0.1, -0.05) is 0 Å². The average Bonchev–Trinajstić information content (AvgIpc) is 2.89. The number of thioether (sulfide) groups is 1. The Bertz CT molecular complexity index is 505. The third kappa shape index (κ3) is 3.75. The van der Waals surface area contributed by atoms with E-state index in [0.29, 0.717) is 11.0 Å². The molecule has 0 atom stereocenters. The normalized spacial score (nSPS) is 24.5. The standard InChI is InChI=1S/C12H20N2O3S2/c1-18-11-5-2-9(3-6-11)14-19(15,16)12-7-4-10(8-13)17-12/h4,7,9,11,14H,2-3,5-6,8,13H2,1H3. The fraction of sp³-hybridized carbons (Fsp3) is 0.667. The highest BCUT2D eigenvalue weighted by atomic mass is 32.2. The first-order chi connectivity index (χ1) is 9.05. The molecule has 0 unspecified atom stereocenters. The van der Waals surface area contributed by atoms with Crippen molar-refractivity contribution in [3.05, 3.63) is 17.9 Å². The van der Waals surface area contributed by atoms with Gasteiger partial charge in [-0.3, -0.25) is 0 Å². The van der Waals surface area contributed by atoms with Crippen molar-refractivity contribution in [2.45, 2.75) is 48.6 Å². The van der Waals surface area contributed by atoms with Crippen LogP contribution in [-0.4, -0.2) is 26.0 Å². The zero-order valence-electron chi connectivity index (χ0n) is 11.0. The highest BCUT2D eigenvalue weighted by Crippen LogP contribution is 2.27. The number of hydrogen-bond donors (Lipinski definition) is 2. The molecular formula is C12H20N2O3S2. The van der Waals surface area contributed by atoms with E-state index in [1.54, 1.807) is 6.07 Å². The third-order valence-corrected chi connectivity index (χ3v) is 5.96. The fourth-order valence-electron chi connectivity index (χ4n) is 2.31. The summed E-state index contributed by atoms with van der Waals surface area (Å²) in [5.41, 5.74) is 5.41. The van der Waals surface area contributed by atoms with E-state index in [4.69, 9.17) is 10.2 Å². The van der Waals surface area contributed by atoms with Crippen molar-refractivity contribution >= 4 is 21.8 Å². The lowest BCUT2D eigenvalue weighted by Gasteiger charge is -2.27. The van der Waals surface area contributed by atoms with Crippen LogP contribution in [0.3, 0.4) is 0 Å². The lowest BCUT2D eigenvalue weighted by atomic mass is 9.96. The van der Waals surface area contributed by atoms with E-state index < -0.39 is 10.0 Å². The van der Waals surface area contributed by atoms with Gasteiger partial charge in [-0.15, -0.1) is 0 Å². The Kier molecular flexibility index (Phi) is 4.94. The number of sulfonamides is 1. The number of nitrogens with two attached hydrogens (primary N) is 1. The molecule has 1 aliphatic carbocycles. The van der Waals surface area contributed by atoms with Crippen LogP contribution in [0.2, 0.25) is 0 Å². The number of furan rings is 1. The molecule has 108 valence electrons. The minimum Gasteiger partial charge on any atom is -0.447 e. The minimum atomic E-state index is -3.55. The fourth-order valence-corrected chi connectivity index (χ4v) is 4.30. The molecule has 0 bridgehead atoms. The molecule has 0 spiro atoms. The molecule has 1 aliphatic rings. The first kappa shape index (κ1) is 14.9. The topological polar surface area (TPSA) is 85.3 Å². The lowest BCUT2D eigenvalue weighted by Crippen LogP contribution is -2.37. The Morgan fingerprint density at radius 3 is 2.58 bits per heavy atom. The molecule has 0 radical (unpaired) electrons. The number of nitrogens with one attached hydrogen (secondary N) is 1. The van der Waals surface area contributed by atoms with Crippen molar-refractivity contribution in [2.75, 3.05) is 6.26 Å². The van der Waals surface area contributed by atoms with E-state index in [2.05, 4.69) is 11.0 Å². The van der Waals surface area contributed by atoms with Gasteiger partial charge in [0.1, 0.15) is 5.76 Å². The molecule has 1 heterocycles. The first-order valence-corrected chi connectivity index (χ1v) is 9.16. The molecule has 0 amide bonds. The predicted molar refractivity (Wildman–Crippen MR) is 76.5 cm³/mol. The van der Waals surface area contributed by atoms with Crippen LogP contribution in [0.4, 0.5) is 0 Å². The summed E-state index contributed by atoms with van der Waals surface area (Å²) in [6.45, 7) is 0.203. The number of rotatable bonds is 5. The second-order valence-corrected chi connectivity index (χ2v) is 7.54. The molecule has 0 saturated heterocycles. The van der Waals surface area contributed by atoms with Crippen LogP contribution >= 0.6 is 11.8 Å². The molecule has 1 aromatic rings. The van der Waals surface area contributed by atoms with Crippen molar-refractivity contribution in [2.24, 2.45) is 5.73 Å². The van der Waals surface area contributed by atoms with Crippen LogP contribution in [-0.2, 0) is 16.6 Å². The van der Waals surface area contributed by atoms with Gasteiger partial charge >= 0.3 is 0 Å². The Labute approximate surface area is 118 Å². The van der Waals surface area contributed by atoms with Gasteiger partial charge < -0.3 is 10.2 Å². The maximum atomic E-state index is 12.1. The van der Waals surface area contributed by atoms with Gasteiger partial charge in [0.05, 0.1) is 6.54 Å².